The summed E-state index contributed by atoms with van der Waals surface area (Å²) in [5.74, 6) is 0. The number of nitrogens with one attached hydrogen (secondary N) is 1. The number of aromatic nitrogens is 2. The smallest absolute Gasteiger partial charge is 0.0635 e. The van der Waals surface area contributed by atoms with E-state index >= 15 is 0 Å². The average Bonchev–Trinajstić information content (AvgIpc) is 2.65. The Kier molecular flexibility index (Phi) is 6.06. The SMILES string of the molecule is CCNC(CC)CCc1c(Br)cnn1CC. The molecule has 1 rings (SSSR count). The minimum Gasteiger partial charge on any atom is -0.314 e. The van der Waals surface area contributed by atoms with Gasteiger partial charge in [0.25, 0.3) is 0 Å². The van der Waals surface area contributed by atoms with Crippen LogP contribution in [-0.2, 0) is 13.0 Å². The zero-order chi connectivity index (χ0) is 12.0. The Morgan fingerprint density at radius 1 is 1.44 bits per heavy atom. The van der Waals surface area contributed by atoms with E-state index in [9.17, 15) is 0 Å². The van der Waals surface area contributed by atoms with Crippen LogP contribution in [0.25, 0.3) is 0 Å². The number of hydrogen-bond donors (Lipinski definition) is 1. The largest absolute Gasteiger partial charge is 0.314 e. The summed E-state index contributed by atoms with van der Waals surface area (Å²) in [6, 6.07) is 0.622. The van der Waals surface area contributed by atoms with Gasteiger partial charge in [0.1, 0.15) is 0 Å². The lowest BCUT2D eigenvalue weighted by Crippen LogP contribution is -2.28. The fraction of sp³-hybridized carbons (Fsp3) is 0.750. The van der Waals surface area contributed by atoms with E-state index in [0.717, 1.165) is 24.0 Å². The summed E-state index contributed by atoms with van der Waals surface area (Å²) in [5, 5.41) is 7.84. The summed E-state index contributed by atoms with van der Waals surface area (Å²) in [7, 11) is 0. The van der Waals surface area contributed by atoms with Crippen molar-refractivity contribution in [3.63, 3.8) is 0 Å². The van der Waals surface area contributed by atoms with Crippen LogP contribution < -0.4 is 5.32 Å². The van der Waals surface area contributed by atoms with E-state index in [0.29, 0.717) is 6.04 Å². The van der Waals surface area contributed by atoms with E-state index in [1.165, 1.54) is 18.5 Å². The van der Waals surface area contributed by atoms with Gasteiger partial charge < -0.3 is 5.32 Å². The Labute approximate surface area is 107 Å². The van der Waals surface area contributed by atoms with Gasteiger partial charge in [0, 0.05) is 12.6 Å². The molecule has 0 saturated heterocycles. The van der Waals surface area contributed by atoms with Gasteiger partial charge in [-0.1, -0.05) is 13.8 Å². The molecule has 4 heteroatoms. The van der Waals surface area contributed by atoms with Crippen LogP contribution in [0.1, 0.15) is 39.3 Å². The predicted octanol–water partition coefficient (Wildman–Crippen LogP) is 2.99. The molecule has 1 aromatic rings. The van der Waals surface area contributed by atoms with Crippen molar-refractivity contribution in [2.45, 2.75) is 52.6 Å². The number of aryl methyl sites for hydroxylation is 1. The Morgan fingerprint density at radius 3 is 2.75 bits per heavy atom. The second-order valence-electron chi connectivity index (χ2n) is 3.96. The monoisotopic (exact) mass is 287 g/mol. The lowest BCUT2D eigenvalue weighted by Gasteiger charge is -2.16. The van der Waals surface area contributed by atoms with Crippen LogP contribution in [-0.4, -0.2) is 22.4 Å². The molecule has 0 amide bonds. The highest BCUT2D eigenvalue weighted by molar-refractivity contribution is 9.10. The van der Waals surface area contributed by atoms with E-state index in [1.807, 2.05) is 6.20 Å². The molecular formula is C12H22BrN3. The van der Waals surface area contributed by atoms with Gasteiger partial charge in [-0.2, -0.15) is 5.10 Å². The van der Waals surface area contributed by atoms with E-state index in [-0.39, 0.29) is 0 Å². The maximum atomic E-state index is 4.33. The van der Waals surface area contributed by atoms with Crippen LogP contribution in [0, 0.1) is 0 Å². The highest BCUT2D eigenvalue weighted by atomic mass is 79.9. The first-order valence-corrected chi connectivity index (χ1v) is 6.95. The fourth-order valence-electron chi connectivity index (χ4n) is 1.96. The number of halogens is 1. The minimum absolute atomic E-state index is 0.622. The Balaban J connectivity index is 2.55. The maximum Gasteiger partial charge on any atom is 0.0635 e. The highest BCUT2D eigenvalue weighted by Crippen LogP contribution is 2.18. The van der Waals surface area contributed by atoms with Crippen molar-refractivity contribution in [2.75, 3.05) is 6.54 Å². The molecule has 0 spiro atoms. The second-order valence-corrected chi connectivity index (χ2v) is 4.81. The first kappa shape index (κ1) is 13.7. The molecule has 92 valence electrons. The lowest BCUT2D eigenvalue weighted by molar-refractivity contribution is 0.470. The fourth-order valence-corrected chi connectivity index (χ4v) is 2.45. The first-order valence-electron chi connectivity index (χ1n) is 6.16. The quantitative estimate of drug-likeness (QED) is 0.836. The van der Waals surface area contributed by atoms with Crippen LogP contribution in [0.4, 0.5) is 0 Å². The molecule has 1 aromatic heterocycles. The summed E-state index contributed by atoms with van der Waals surface area (Å²) in [4.78, 5) is 0. The molecule has 0 aromatic carbocycles. The van der Waals surface area contributed by atoms with Crippen LogP contribution in [0.5, 0.6) is 0 Å². The second kappa shape index (κ2) is 7.07. The summed E-state index contributed by atoms with van der Waals surface area (Å²) >= 11 is 3.57. The van der Waals surface area contributed by atoms with Gasteiger partial charge in [-0.3, -0.25) is 4.68 Å². The lowest BCUT2D eigenvalue weighted by atomic mass is 10.1. The molecule has 0 aliphatic rings. The zero-order valence-corrected chi connectivity index (χ0v) is 12.0. The minimum atomic E-state index is 0.622. The normalized spacial score (nSPS) is 13.0. The van der Waals surface area contributed by atoms with Crippen LogP contribution >= 0.6 is 15.9 Å². The van der Waals surface area contributed by atoms with Gasteiger partial charge in [-0.15, -0.1) is 0 Å². The van der Waals surface area contributed by atoms with E-state index in [1.54, 1.807) is 0 Å². The third kappa shape index (κ3) is 3.59. The molecule has 0 aliphatic carbocycles. The standard InChI is InChI=1S/C12H22BrN3/c1-4-10(14-5-2)7-8-12-11(13)9-15-16(12)6-3/h9-10,14H,4-8H2,1-3H3. The predicted molar refractivity (Wildman–Crippen MR) is 71.7 cm³/mol. The summed E-state index contributed by atoms with van der Waals surface area (Å²) < 4.78 is 3.21. The van der Waals surface area contributed by atoms with Crippen molar-refractivity contribution in [1.82, 2.24) is 15.1 Å². The van der Waals surface area contributed by atoms with E-state index < -0.39 is 0 Å². The molecule has 0 fully saturated rings. The summed E-state index contributed by atoms with van der Waals surface area (Å²) in [6.45, 7) is 8.52. The van der Waals surface area contributed by atoms with Gasteiger partial charge in [0.15, 0.2) is 0 Å². The molecule has 3 nitrogen and oxygen atoms in total. The molecule has 0 saturated carbocycles. The molecule has 16 heavy (non-hydrogen) atoms. The van der Waals surface area contributed by atoms with Crippen molar-refractivity contribution >= 4 is 15.9 Å². The van der Waals surface area contributed by atoms with Crippen molar-refractivity contribution in [3.05, 3.63) is 16.4 Å². The van der Waals surface area contributed by atoms with Crippen molar-refractivity contribution in [1.29, 1.82) is 0 Å². The van der Waals surface area contributed by atoms with Crippen LogP contribution in [0.2, 0.25) is 0 Å². The summed E-state index contributed by atoms with van der Waals surface area (Å²) in [6.07, 6.45) is 5.34. The Bertz CT molecular complexity index is 309. The van der Waals surface area contributed by atoms with Crippen molar-refractivity contribution in [2.24, 2.45) is 0 Å². The molecule has 0 bridgehead atoms. The van der Waals surface area contributed by atoms with Gasteiger partial charge in [-0.25, -0.2) is 0 Å². The molecular weight excluding hydrogens is 266 g/mol. The molecule has 1 N–H and O–H groups in total. The number of rotatable bonds is 7. The van der Waals surface area contributed by atoms with Gasteiger partial charge in [0.05, 0.1) is 16.4 Å². The van der Waals surface area contributed by atoms with Gasteiger partial charge in [-0.05, 0) is 48.7 Å². The average molecular weight is 288 g/mol. The summed E-state index contributed by atoms with van der Waals surface area (Å²) in [5.41, 5.74) is 1.32. The molecule has 1 unspecified atom stereocenters. The maximum absolute atomic E-state index is 4.33. The third-order valence-electron chi connectivity index (χ3n) is 2.91. The molecule has 1 heterocycles. The third-order valence-corrected chi connectivity index (χ3v) is 3.57. The topological polar surface area (TPSA) is 29.9 Å². The van der Waals surface area contributed by atoms with Crippen molar-refractivity contribution in [3.8, 4) is 0 Å². The molecule has 1 atom stereocenters. The van der Waals surface area contributed by atoms with Crippen LogP contribution in [0.3, 0.4) is 0 Å². The van der Waals surface area contributed by atoms with Gasteiger partial charge in [0.2, 0.25) is 0 Å². The highest BCUT2D eigenvalue weighted by Gasteiger charge is 2.10. The number of nitrogens with zero attached hydrogens (tertiary/aromatic N) is 2. The van der Waals surface area contributed by atoms with E-state index in [2.05, 4.69) is 51.8 Å². The van der Waals surface area contributed by atoms with Gasteiger partial charge >= 0.3 is 0 Å². The first-order chi connectivity index (χ1) is 7.72. The van der Waals surface area contributed by atoms with Crippen molar-refractivity contribution < 1.29 is 0 Å². The molecule has 0 radical (unpaired) electrons. The Hall–Kier alpha value is -0.350. The number of hydrogen-bond acceptors (Lipinski definition) is 2. The molecule has 0 aliphatic heterocycles. The van der Waals surface area contributed by atoms with Crippen LogP contribution in [0.15, 0.2) is 10.7 Å². The zero-order valence-electron chi connectivity index (χ0n) is 10.5. The Morgan fingerprint density at radius 2 is 2.19 bits per heavy atom. The van der Waals surface area contributed by atoms with E-state index in [4.69, 9.17) is 0 Å².